The summed E-state index contributed by atoms with van der Waals surface area (Å²) in [5, 5.41) is 4.33. The van der Waals surface area contributed by atoms with E-state index in [4.69, 9.17) is 16.3 Å². The van der Waals surface area contributed by atoms with Crippen LogP contribution in [0.1, 0.15) is 45.7 Å². The van der Waals surface area contributed by atoms with E-state index in [1.807, 2.05) is 0 Å². The maximum atomic E-state index is 6.52. The Hall–Kier alpha value is -0.770. The normalized spacial score (nSPS) is 19.6. The van der Waals surface area contributed by atoms with Crippen molar-refractivity contribution >= 4 is 17.3 Å². The number of hydrogen-bond acceptors (Lipinski definition) is 3. The lowest BCUT2D eigenvalue weighted by atomic mass is 10.00. The molecule has 1 aromatic carbocycles. The molecule has 118 valence electrons. The summed E-state index contributed by atoms with van der Waals surface area (Å²) < 4.78 is 5.59. The fourth-order valence-corrected chi connectivity index (χ4v) is 3.18. The van der Waals surface area contributed by atoms with Crippen molar-refractivity contribution < 1.29 is 4.74 Å². The van der Waals surface area contributed by atoms with E-state index in [-0.39, 0.29) is 11.6 Å². The number of ether oxygens (including phenoxy) is 1. The van der Waals surface area contributed by atoms with Gasteiger partial charge in [0.25, 0.3) is 0 Å². The first-order valence-electron chi connectivity index (χ1n) is 7.84. The van der Waals surface area contributed by atoms with Crippen LogP contribution in [0.15, 0.2) is 18.2 Å². The van der Waals surface area contributed by atoms with E-state index >= 15 is 0 Å². The van der Waals surface area contributed by atoms with Crippen LogP contribution < -0.4 is 10.2 Å². The molecule has 1 N–H and O–H groups in total. The van der Waals surface area contributed by atoms with Gasteiger partial charge in [-0.1, -0.05) is 24.6 Å². The summed E-state index contributed by atoms with van der Waals surface area (Å²) >= 11 is 6.52. The average molecular weight is 311 g/mol. The van der Waals surface area contributed by atoms with Gasteiger partial charge in [-0.3, -0.25) is 0 Å². The zero-order valence-corrected chi connectivity index (χ0v) is 14.3. The summed E-state index contributed by atoms with van der Waals surface area (Å²) in [5.74, 6) is 0. The van der Waals surface area contributed by atoms with Crippen LogP contribution in [0, 0.1) is 0 Å². The summed E-state index contributed by atoms with van der Waals surface area (Å²) in [4.78, 5) is 2.39. The van der Waals surface area contributed by atoms with Crippen molar-refractivity contribution in [1.29, 1.82) is 0 Å². The molecule has 21 heavy (non-hydrogen) atoms. The van der Waals surface area contributed by atoms with Crippen LogP contribution in [-0.4, -0.2) is 31.8 Å². The Balaban J connectivity index is 2.18. The second-order valence-electron chi connectivity index (χ2n) is 6.40. The minimum atomic E-state index is 0.00910. The SMILES string of the molecule is CCCNC(C)c1ccc(N2CCOCC2(C)C)cc1Cl. The molecule has 0 spiro atoms. The zero-order valence-electron chi connectivity index (χ0n) is 13.6. The largest absolute Gasteiger partial charge is 0.377 e. The van der Waals surface area contributed by atoms with Crippen molar-refractivity contribution in [3.8, 4) is 0 Å². The highest BCUT2D eigenvalue weighted by Gasteiger charge is 2.31. The molecule has 4 heteroatoms. The third-order valence-electron chi connectivity index (χ3n) is 4.11. The summed E-state index contributed by atoms with van der Waals surface area (Å²) in [6.07, 6.45) is 1.13. The Bertz CT molecular complexity index is 476. The highest BCUT2D eigenvalue weighted by Crippen LogP contribution is 2.32. The molecule has 1 unspecified atom stereocenters. The van der Waals surface area contributed by atoms with E-state index in [1.165, 1.54) is 11.3 Å². The lowest BCUT2D eigenvalue weighted by Gasteiger charge is -2.44. The van der Waals surface area contributed by atoms with Gasteiger partial charge in [0.05, 0.1) is 18.8 Å². The van der Waals surface area contributed by atoms with Gasteiger partial charge in [-0.15, -0.1) is 0 Å². The Morgan fingerprint density at radius 2 is 2.19 bits per heavy atom. The second kappa shape index (κ2) is 6.99. The standard InChI is InChI=1S/C17H27ClN2O/c1-5-8-19-13(2)15-7-6-14(11-16(15)18)20-9-10-21-12-17(20,3)4/h6-7,11,13,19H,5,8-10,12H2,1-4H3. The van der Waals surface area contributed by atoms with Crippen molar-refractivity contribution in [2.75, 3.05) is 31.2 Å². The number of nitrogens with zero attached hydrogens (tertiary/aromatic N) is 1. The van der Waals surface area contributed by atoms with Gasteiger partial charge >= 0.3 is 0 Å². The third-order valence-corrected chi connectivity index (χ3v) is 4.44. The van der Waals surface area contributed by atoms with Gasteiger partial charge in [-0.2, -0.15) is 0 Å². The monoisotopic (exact) mass is 310 g/mol. The smallest absolute Gasteiger partial charge is 0.0694 e. The minimum Gasteiger partial charge on any atom is -0.377 e. The molecule has 0 radical (unpaired) electrons. The van der Waals surface area contributed by atoms with Gasteiger partial charge in [0.1, 0.15) is 0 Å². The summed E-state index contributed by atoms with van der Waals surface area (Å²) in [6, 6.07) is 6.70. The third kappa shape index (κ3) is 3.91. The van der Waals surface area contributed by atoms with Crippen LogP contribution in [0.5, 0.6) is 0 Å². The predicted molar refractivity (Wildman–Crippen MR) is 90.4 cm³/mol. The van der Waals surface area contributed by atoms with Crippen LogP contribution in [0.3, 0.4) is 0 Å². The van der Waals surface area contributed by atoms with Crippen LogP contribution in [0.25, 0.3) is 0 Å². The maximum Gasteiger partial charge on any atom is 0.0694 e. The van der Waals surface area contributed by atoms with E-state index in [0.29, 0.717) is 0 Å². The number of anilines is 1. The fourth-order valence-electron chi connectivity index (χ4n) is 2.84. The first-order valence-corrected chi connectivity index (χ1v) is 8.21. The number of nitrogens with one attached hydrogen (secondary N) is 1. The number of morpholine rings is 1. The first kappa shape index (κ1) is 16.6. The van der Waals surface area contributed by atoms with E-state index < -0.39 is 0 Å². The summed E-state index contributed by atoms with van der Waals surface area (Å²) in [7, 11) is 0. The van der Waals surface area contributed by atoms with Crippen LogP contribution in [0.4, 0.5) is 5.69 Å². The summed E-state index contributed by atoms with van der Waals surface area (Å²) in [6.45, 7) is 12.2. The molecule has 0 saturated carbocycles. The Morgan fingerprint density at radius 1 is 1.43 bits per heavy atom. The topological polar surface area (TPSA) is 24.5 Å². The van der Waals surface area contributed by atoms with Gasteiger partial charge in [0.15, 0.2) is 0 Å². The maximum absolute atomic E-state index is 6.52. The van der Waals surface area contributed by atoms with E-state index in [1.54, 1.807) is 0 Å². The molecule has 2 rings (SSSR count). The number of hydrogen-bond donors (Lipinski definition) is 1. The van der Waals surface area contributed by atoms with Crippen molar-refractivity contribution in [2.24, 2.45) is 0 Å². The van der Waals surface area contributed by atoms with Crippen LogP contribution >= 0.6 is 11.6 Å². The molecule has 1 aliphatic rings. The van der Waals surface area contributed by atoms with E-state index in [2.05, 4.69) is 56.1 Å². The van der Waals surface area contributed by atoms with E-state index in [9.17, 15) is 0 Å². The molecule has 1 heterocycles. The molecular weight excluding hydrogens is 284 g/mol. The minimum absolute atomic E-state index is 0.00910. The highest BCUT2D eigenvalue weighted by molar-refractivity contribution is 6.31. The van der Waals surface area contributed by atoms with Gasteiger partial charge in [-0.25, -0.2) is 0 Å². The van der Waals surface area contributed by atoms with Crippen LogP contribution in [-0.2, 0) is 4.74 Å². The highest BCUT2D eigenvalue weighted by atomic mass is 35.5. The molecule has 0 aromatic heterocycles. The molecule has 1 saturated heterocycles. The van der Waals surface area contributed by atoms with Gasteiger partial charge in [-0.05, 0) is 51.4 Å². The lowest BCUT2D eigenvalue weighted by Crippen LogP contribution is -2.53. The van der Waals surface area contributed by atoms with Crippen molar-refractivity contribution in [3.05, 3.63) is 28.8 Å². The van der Waals surface area contributed by atoms with Crippen molar-refractivity contribution in [2.45, 2.75) is 45.7 Å². The second-order valence-corrected chi connectivity index (χ2v) is 6.81. The molecule has 0 amide bonds. The molecule has 1 atom stereocenters. The van der Waals surface area contributed by atoms with Crippen molar-refractivity contribution in [1.82, 2.24) is 5.32 Å². The Morgan fingerprint density at radius 3 is 2.81 bits per heavy atom. The van der Waals surface area contributed by atoms with Crippen LogP contribution in [0.2, 0.25) is 5.02 Å². The predicted octanol–water partition coefficient (Wildman–Crippen LogP) is 4.02. The Labute approximate surface area is 133 Å². The van der Waals surface area contributed by atoms with Gasteiger partial charge in [0, 0.05) is 23.3 Å². The number of rotatable bonds is 5. The average Bonchev–Trinajstić information content (AvgIpc) is 2.44. The van der Waals surface area contributed by atoms with E-state index in [0.717, 1.165) is 37.7 Å². The summed E-state index contributed by atoms with van der Waals surface area (Å²) in [5.41, 5.74) is 2.36. The molecule has 0 aliphatic carbocycles. The molecule has 3 nitrogen and oxygen atoms in total. The molecular formula is C17H27ClN2O. The van der Waals surface area contributed by atoms with Crippen molar-refractivity contribution in [3.63, 3.8) is 0 Å². The number of halogens is 1. The number of benzene rings is 1. The molecule has 1 aromatic rings. The fraction of sp³-hybridized carbons (Fsp3) is 0.647. The van der Waals surface area contributed by atoms with Gasteiger partial charge < -0.3 is 15.0 Å². The van der Waals surface area contributed by atoms with Gasteiger partial charge in [0.2, 0.25) is 0 Å². The lowest BCUT2D eigenvalue weighted by molar-refractivity contribution is 0.0644. The first-order chi connectivity index (χ1) is 9.95. The molecule has 1 fully saturated rings. The molecule has 1 aliphatic heterocycles. The quantitative estimate of drug-likeness (QED) is 0.889. The Kier molecular flexibility index (Phi) is 5.53. The molecule has 0 bridgehead atoms. The zero-order chi connectivity index (χ0) is 15.5.